The summed E-state index contributed by atoms with van der Waals surface area (Å²) < 4.78 is 33.0. The van der Waals surface area contributed by atoms with Crippen molar-refractivity contribution in [3.63, 3.8) is 0 Å². The lowest BCUT2D eigenvalue weighted by Crippen LogP contribution is -2.67. The minimum Gasteiger partial charge on any atom is -0.465 e. The number of rotatable bonds is 13. The van der Waals surface area contributed by atoms with E-state index in [1.165, 1.54) is 10.4 Å². The molecule has 0 bridgehead atoms. The van der Waals surface area contributed by atoms with Crippen molar-refractivity contribution in [1.82, 2.24) is 0 Å². The predicted molar refractivity (Wildman–Crippen MR) is 203 cm³/mol. The van der Waals surface area contributed by atoms with Gasteiger partial charge in [-0.3, -0.25) is 4.79 Å². The molecule has 0 spiro atoms. The molecule has 0 aromatic heterocycles. The second kappa shape index (κ2) is 15.4. The van der Waals surface area contributed by atoms with E-state index in [4.69, 9.17) is 23.1 Å². The fourth-order valence-corrected chi connectivity index (χ4v) is 12.0. The van der Waals surface area contributed by atoms with Crippen LogP contribution in [0.1, 0.15) is 95.9 Å². The molecule has 1 unspecified atom stereocenters. The monoisotopic (exact) mass is 696 g/mol. The zero-order valence-electron chi connectivity index (χ0n) is 32.3. The van der Waals surface area contributed by atoms with Crippen molar-refractivity contribution in [1.29, 1.82) is 0 Å². The molecule has 1 aliphatic rings. The van der Waals surface area contributed by atoms with Crippen molar-refractivity contribution < 1.29 is 27.9 Å². The Bertz CT molecular complexity index is 1300. The third kappa shape index (κ3) is 10.0. The van der Waals surface area contributed by atoms with Crippen LogP contribution in [0, 0.1) is 5.41 Å². The van der Waals surface area contributed by atoms with E-state index in [1.54, 1.807) is 0 Å². The van der Waals surface area contributed by atoms with Crippen LogP contribution in [0.4, 0.5) is 0 Å². The average molecular weight is 697 g/mol. The summed E-state index contributed by atoms with van der Waals surface area (Å²) in [5.74, 6) is -1.01. The lowest BCUT2D eigenvalue weighted by molar-refractivity contribution is -0.157. The molecule has 3 rings (SSSR count). The topological polar surface area (TPSA) is 63.2 Å². The first-order chi connectivity index (χ1) is 22.0. The van der Waals surface area contributed by atoms with Crippen LogP contribution in [-0.2, 0) is 27.9 Å². The van der Waals surface area contributed by atoms with Crippen molar-refractivity contribution >= 4 is 33.0 Å². The highest BCUT2D eigenvalue weighted by Crippen LogP contribution is 2.41. The summed E-state index contributed by atoms with van der Waals surface area (Å²) in [7, 11) is -4.90. The van der Waals surface area contributed by atoms with Gasteiger partial charge in [0.15, 0.2) is 14.1 Å². The van der Waals surface area contributed by atoms with E-state index in [2.05, 4.69) is 134 Å². The fraction of sp³-hybridized carbons (Fsp3) is 0.625. The fourth-order valence-electron chi connectivity index (χ4n) is 6.03. The lowest BCUT2D eigenvalue weighted by Gasteiger charge is -2.44. The maximum Gasteiger partial charge on any atom is 0.311 e. The standard InChI is InChI=1S/C40H64O6Si2/c1-30(45-48(39(8,9)10,31-23-17-15-18-24-31)32-25-19-16-20-26-32)22-21-27-34(46-47(13,14)38(5,6)7)35-33(43-40(11,12)44-35)28-29-42-36(41)37(2,3)4/h15-21,23-27,30,33-35H,22,28-29H2,1-14H3/t30-,33+,34?,35+/m1/s1. The first-order valence-electron chi connectivity index (χ1n) is 17.7. The number of ether oxygens (including phenoxy) is 3. The van der Waals surface area contributed by atoms with Crippen molar-refractivity contribution in [2.45, 2.75) is 149 Å². The van der Waals surface area contributed by atoms with Gasteiger partial charge in [-0.2, -0.15) is 0 Å². The van der Waals surface area contributed by atoms with Gasteiger partial charge in [-0.05, 0) is 81.5 Å². The molecule has 6 nitrogen and oxygen atoms in total. The number of benzene rings is 2. The zero-order chi connectivity index (χ0) is 36.2. The molecule has 0 N–H and O–H groups in total. The van der Waals surface area contributed by atoms with E-state index in [1.807, 2.05) is 34.6 Å². The number of hydrogen-bond acceptors (Lipinski definition) is 6. The summed E-state index contributed by atoms with van der Waals surface area (Å²) in [4.78, 5) is 12.5. The predicted octanol–water partition coefficient (Wildman–Crippen LogP) is 8.79. The van der Waals surface area contributed by atoms with Crippen molar-refractivity contribution in [3.8, 4) is 0 Å². The van der Waals surface area contributed by atoms with E-state index in [0.29, 0.717) is 12.8 Å². The molecule has 1 saturated heterocycles. The number of carbonyl (C=O) groups excluding carboxylic acids is 1. The Morgan fingerprint density at radius 1 is 0.833 bits per heavy atom. The van der Waals surface area contributed by atoms with E-state index in [-0.39, 0.29) is 47.1 Å². The van der Waals surface area contributed by atoms with Crippen LogP contribution >= 0.6 is 0 Å². The quantitative estimate of drug-likeness (QED) is 0.119. The van der Waals surface area contributed by atoms with Gasteiger partial charge in [0, 0.05) is 12.5 Å². The van der Waals surface area contributed by atoms with Gasteiger partial charge in [0.25, 0.3) is 8.32 Å². The highest BCUT2D eigenvalue weighted by molar-refractivity contribution is 6.99. The van der Waals surface area contributed by atoms with Crippen LogP contribution in [0.3, 0.4) is 0 Å². The van der Waals surface area contributed by atoms with E-state index in [9.17, 15) is 4.79 Å². The van der Waals surface area contributed by atoms with Gasteiger partial charge in [0.1, 0.15) is 6.10 Å². The molecule has 48 heavy (non-hydrogen) atoms. The zero-order valence-corrected chi connectivity index (χ0v) is 34.3. The molecule has 4 atom stereocenters. The van der Waals surface area contributed by atoms with Gasteiger partial charge < -0.3 is 23.1 Å². The van der Waals surface area contributed by atoms with Gasteiger partial charge >= 0.3 is 5.97 Å². The van der Waals surface area contributed by atoms with Crippen LogP contribution in [0.15, 0.2) is 72.8 Å². The second-order valence-electron chi connectivity index (χ2n) is 17.4. The molecule has 2 aromatic carbocycles. The lowest BCUT2D eigenvalue weighted by atomic mass is 9.97. The Labute approximate surface area is 294 Å². The smallest absolute Gasteiger partial charge is 0.311 e. The molecule has 268 valence electrons. The summed E-state index contributed by atoms with van der Waals surface area (Å²) in [6.07, 6.45) is 4.56. The van der Waals surface area contributed by atoms with Crippen LogP contribution in [0.25, 0.3) is 0 Å². The molecule has 8 heteroatoms. The van der Waals surface area contributed by atoms with E-state index in [0.717, 1.165) is 0 Å². The van der Waals surface area contributed by atoms with Crippen LogP contribution in [-0.4, -0.2) is 59.4 Å². The molecule has 0 radical (unpaired) electrons. The Hall–Kier alpha value is -2.08. The maximum atomic E-state index is 12.5. The van der Waals surface area contributed by atoms with Gasteiger partial charge in [-0.1, -0.05) is 114 Å². The minimum absolute atomic E-state index is 0.00544. The summed E-state index contributed by atoms with van der Waals surface area (Å²) in [6.45, 7) is 30.1. The normalized spacial score (nSPS) is 20.5. The third-order valence-corrected chi connectivity index (χ3v) is 19.3. The summed E-state index contributed by atoms with van der Waals surface area (Å²) >= 11 is 0. The molecule has 1 heterocycles. The van der Waals surface area contributed by atoms with E-state index >= 15 is 0 Å². The Morgan fingerprint density at radius 3 is 1.81 bits per heavy atom. The van der Waals surface area contributed by atoms with Crippen molar-refractivity contribution in [3.05, 3.63) is 72.8 Å². The number of esters is 1. The molecule has 0 amide bonds. The highest BCUT2D eigenvalue weighted by atomic mass is 28.4. The summed E-state index contributed by atoms with van der Waals surface area (Å²) in [5.41, 5.74) is -0.560. The van der Waals surface area contributed by atoms with Gasteiger partial charge in [-0.15, -0.1) is 0 Å². The average Bonchev–Trinajstić information content (AvgIpc) is 3.28. The minimum atomic E-state index is -2.69. The largest absolute Gasteiger partial charge is 0.465 e. The highest BCUT2D eigenvalue weighted by Gasteiger charge is 2.51. The van der Waals surface area contributed by atoms with E-state index < -0.39 is 27.8 Å². The Balaban J connectivity index is 1.92. The molecule has 0 saturated carbocycles. The van der Waals surface area contributed by atoms with Crippen molar-refractivity contribution in [2.75, 3.05) is 6.61 Å². The Kier molecular flexibility index (Phi) is 13.0. The number of carbonyl (C=O) groups is 1. The molecule has 0 aliphatic carbocycles. The van der Waals surface area contributed by atoms with Crippen LogP contribution in [0.5, 0.6) is 0 Å². The second-order valence-corrected chi connectivity index (χ2v) is 26.4. The van der Waals surface area contributed by atoms with Crippen LogP contribution in [0.2, 0.25) is 23.2 Å². The van der Waals surface area contributed by atoms with Crippen molar-refractivity contribution in [2.24, 2.45) is 5.41 Å². The number of hydrogen-bond donors (Lipinski definition) is 0. The van der Waals surface area contributed by atoms with Crippen LogP contribution < -0.4 is 10.4 Å². The summed E-state index contributed by atoms with van der Waals surface area (Å²) in [5, 5.41) is 2.44. The first kappa shape index (κ1) is 40.4. The van der Waals surface area contributed by atoms with Gasteiger partial charge in [0.05, 0.1) is 24.2 Å². The molecular formula is C40H64O6Si2. The van der Waals surface area contributed by atoms with Gasteiger partial charge in [-0.25, -0.2) is 0 Å². The molecule has 1 aliphatic heterocycles. The first-order valence-corrected chi connectivity index (χ1v) is 22.5. The maximum absolute atomic E-state index is 12.5. The molecule has 2 aromatic rings. The molecule has 1 fully saturated rings. The Morgan fingerprint density at radius 2 is 1.35 bits per heavy atom. The molecular weight excluding hydrogens is 633 g/mol. The summed E-state index contributed by atoms with van der Waals surface area (Å²) in [6, 6.07) is 21.5. The SMILES string of the molecule is C[C@H](CC=CC(O[Si](C)(C)C(C)(C)C)[C@H]1OC(C)(C)O[C@H]1CCOC(=O)C(C)(C)C)O[Si](c1ccccc1)(c1ccccc1)C(C)(C)C. The third-order valence-electron chi connectivity index (χ3n) is 9.62. The van der Waals surface area contributed by atoms with Gasteiger partial charge in [0.2, 0.25) is 0 Å².